The SMILES string of the molecule is [Au].[Cd].[Cu].[Pb]. The molecule has 0 rings (SSSR count). The zero-order valence-corrected chi connectivity index (χ0v) is 12.8. The largest absolute Gasteiger partial charge is 0 e. The molecule has 0 N–H and O–H groups in total. The van der Waals surface area contributed by atoms with Crippen molar-refractivity contribution < 1.29 is 66.7 Å². The molecule has 0 fully saturated rings. The first kappa shape index (κ1) is 27.5. The van der Waals surface area contributed by atoms with Crippen LogP contribution >= 0.6 is 0 Å². The van der Waals surface area contributed by atoms with E-state index in [0.29, 0.717) is 0 Å². The topological polar surface area (TPSA) is 0 Å². The Labute approximate surface area is 92.2 Å². The van der Waals surface area contributed by atoms with Crippen LogP contribution in [0.5, 0.6) is 0 Å². The minimum Gasteiger partial charge on any atom is 0 e. The van der Waals surface area contributed by atoms with Gasteiger partial charge in [0, 0.05) is 94.0 Å². The maximum atomic E-state index is 0. The average molecular weight is 580 g/mol. The molecule has 6 radical (unpaired) electrons. The quantitative estimate of drug-likeness (QED) is 0.343. The number of hydrogen-bond donors (Lipinski definition) is 0. The summed E-state index contributed by atoms with van der Waals surface area (Å²) in [5.74, 6) is 0. The minimum atomic E-state index is 0. The Bertz CT molecular complexity index is 8.00. The van der Waals surface area contributed by atoms with Crippen LogP contribution in [0, 0.1) is 0 Å². The van der Waals surface area contributed by atoms with Gasteiger partial charge in [-0.25, -0.2) is 0 Å². The van der Waals surface area contributed by atoms with Gasteiger partial charge in [-0.2, -0.15) is 0 Å². The molecule has 0 saturated heterocycles. The Morgan fingerprint density at radius 1 is 1.00 bits per heavy atom. The van der Waals surface area contributed by atoms with E-state index in [1.165, 1.54) is 0 Å². The van der Waals surface area contributed by atoms with Gasteiger partial charge in [-0.1, -0.05) is 0 Å². The molecule has 4 heavy (non-hydrogen) atoms. The van der Waals surface area contributed by atoms with Crippen LogP contribution in [0.15, 0.2) is 0 Å². The summed E-state index contributed by atoms with van der Waals surface area (Å²) in [6, 6.07) is 0. The van der Waals surface area contributed by atoms with Crippen LogP contribution in [0.3, 0.4) is 0 Å². The average Bonchev–Trinajstić information content (AvgIpc) is 0. The van der Waals surface area contributed by atoms with E-state index in [1.807, 2.05) is 0 Å². The molecular formula is AuCdCuPb. The summed E-state index contributed by atoms with van der Waals surface area (Å²) in [7, 11) is 0. The molecule has 0 nitrogen and oxygen atoms in total. The van der Waals surface area contributed by atoms with Crippen molar-refractivity contribution in [3.05, 3.63) is 0 Å². The Balaban J connectivity index is 0. The Morgan fingerprint density at radius 2 is 1.00 bits per heavy atom. The van der Waals surface area contributed by atoms with Crippen molar-refractivity contribution >= 4 is 27.3 Å². The molecule has 0 aromatic rings. The monoisotopic (exact) mass is 582 g/mol. The van der Waals surface area contributed by atoms with Gasteiger partial charge in [-0.3, -0.25) is 0 Å². The minimum absolute atomic E-state index is 0. The fourth-order valence-corrected chi connectivity index (χ4v) is 0. The van der Waals surface area contributed by atoms with E-state index in [0.717, 1.165) is 0 Å². The summed E-state index contributed by atoms with van der Waals surface area (Å²) >= 11 is 0. The van der Waals surface area contributed by atoms with Gasteiger partial charge in [0.15, 0.2) is 0 Å². The summed E-state index contributed by atoms with van der Waals surface area (Å²) in [5, 5.41) is 0. The van der Waals surface area contributed by atoms with E-state index in [1.54, 1.807) is 0 Å². The molecular weight excluding hydrogens is 580 g/mol. The van der Waals surface area contributed by atoms with Crippen molar-refractivity contribution in [2.75, 3.05) is 0 Å². The third-order valence-electron chi connectivity index (χ3n) is 0. The predicted molar refractivity (Wildman–Crippen MR) is 5.75 cm³/mol. The maximum Gasteiger partial charge on any atom is 0 e. The smallest absolute Gasteiger partial charge is 0 e. The summed E-state index contributed by atoms with van der Waals surface area (Å²) < 4.78 is 0. The van der Waals surface area contributed by atoms with Gasteiger partial charge in [0.1, 0.15) is 0 Å². The fourth-order valence-electron chi connectivity index (χ4n) is 0. The second kappa shape index (κ2) is 16.5. The standard InChI is InChI=1S/Au.Cd.Cu.Pb. The molecule has 0 atom stereocenters. The summed E-state index contributed by atoms with van der Waals surface area (Å²) in [5.41, 5.74) is 0. The van der Waals surface area contributed by atoms with Crippen molar-refractivity contribution in [2.45, 2.75) is 0 Å². The summed E-state index contributed by atoms with van der Waals surface area (Å²) in [6.45, 7) is 0. The maximum absolute atomic E-state index is 0. The molecule has 0 aliphatic heterocycles. The molecule has 0 saturated carbocycles. The number of hydrogen-bond acceptors (Lipinski definition) is 0. The Kier molecular flexibility index (Phi) is 113. The van der Waals surface area contributed by atoms with Crippen LogP contribution in [0.1, 0.15) is 0 Å². The van der Waals surface area contributed by atoms with E-state index in [9.17, 15) is 0 Å². The normalized spacial score (nSPS) is 0. The van der Waals surface area contributed by atoms with Crippen LogP contribution < -0.4 is 0 Å². The molecule has 0 bridgehead atoms. The third-order valence-corrected chi connectivity index (χ3v) is 0. The third kappa shape index (κ3) is 8.92. The second-order valence-electron chi connectivity index (χ2n) is 0. The van der Waals surface area contributed by atoms with Gasteiger partial charge in [-0.05, 0) is 0 Å². The molecule has 0 aromatic heterocycles. The first-order chi connectivity index (χ1) is 0. The zero-order chi connectivity index (χ0) is 0. The van der Waals surface area contributed by atoms with Crippen molar-refractivity contribution in [3.63, 3.8) is 0 Å². The van der Waals surface area contributed by atoms with E-state index in [-0.39, 0.29) is 94.0 Å². The molecule has 0 heterocycles. The van der Waals surface area contributed by atoms with E-state index in [2.05, 4.69) is 0 Å². The van der Waals surface area contributed by atoms with Gasteiger partial charge in [0.25, 0.3) is 0 Å². The van der Waals surface area contributed by atoms with Gasteiger partial charge in [-0.15, -0.1) is 0 Å². The molecule has 0 unspecified atom stereocenters. The van der Waals surface area contributed by atoms with Crippen LogP contribution in [-0.4, -0.2) is 27.3 Å². The molecule has 0 aromatic carbocycles. The van der Waals surface area contributed by atoms with E-state index >= 15 is 0 Å². The van der Waals surface area contributed by atoms with Crippen molar-refractivity contribution in [1.29, 1.82) is 0 Å². The van der Waals surface area contributed by atoms with Gasteiger partial charge < -0.3 is 0 Å². The molecule has 0 aliphatic rings. The van der Waals surface area contributed by atoms with Crippen LogP contribution in [-0.2, 0) is 66.7 Å². The Hall–Kier alpha value is 3.10. The van der Waals surface area contributed by atoms with Crippen LogP contribution in [0.25, 0.3) is 0 Å². The van der Waals surface area contributed by atoms with Gasteiger partial charge >= 0.3 is 0 Å². The van der Waals surface area contributed by atoms with Gasteiger partial charge in [0.2, 0.25) is 0 Å². The molecule has 0 aliphatic carbocycles. The van der Waals surface area contributed by atoms with E-state index < -0.39 is 0 Å². The number of rotatable bonds is 0. The van der Waals surface area contributed by atoms with Crippen LogP contribution in [0.2, 0.25) is 0 Å². The Morgan fingerprint density at radius 3 is 1.00 bits per heavy atom. The zero-order valence-electron chi connectivity index (χ0n) is 1.81. The summed E-state index contributed by atoms with van der Waals surface area (Å²) in [4.78, 5) is 0. The van der Waals surface area contributed by atoms with Crippen molar-refractivity contribution in [3.8, 4) is 0 Å². The first-order valence-electron chi connectivity index (χ1n) is 0. The first-order valence-corrected chi connectivity index (χ1v) is 0. The predicted octanol–water partition coefficient (Wildman–Crippen LogP) is -0.388. The van der Waals surface area contributed by atoms with Crippen LogP contribution in [0.4, 0.5) is 0 Å². The molecule has 4 heteroatoms. The molecule has 0 spiro atoms. The molecule has 28 valence electrons. The summed E-state index contributed by atoms with van der Waals surface area (Å²) in [6.07, 6.45) is 0. The fraction of sp³-hybridized carbons (Fsp3) is 0. The van der Waals surface area contributed by atoms with Crippen molar-refractivity contribution in [1.82, 2.24) is 0 Å². The van der Waals surface area contributed by atoms with Gasteiger partial charge in [0.05, 0.1) is 0 Å². The second-order valence-corrected chi connectivity index (χ2v) is 0. The van der Waals surface area contributed by atoms with Crippen molar-refractivity contribution in [2.24, 2.45) is 0 Å². The molecule has 0 amide bonds. The van der Waals surface area contributed by atoms with E-state index in [4.69, 9.17) is 0 Å².